The second-order valence-electron chi connectivity index (χ2n) is 14.6. The third kappa shape index (κ3) is 4.42. The minimum Gasteiger partial charge on any atom is -0.478 e. The van der Waals surface area contributed by atoms with E-state index < -0.39 is 64.6 Å². The number of halogens is 5. The van der Waals surface area contributed by atoms with Gasteiger partial charge in [0, 0.05) is 29.6 Å². The fourth-order valence-electron chi connectivity index (χ4n) is 9.16. The summed E-state index contributed by atoms with van der Waals surface area (Å²) >= 11 is 0. The molecule has 0 aromatic heterocycles. The lowest BCUT2D eigenvalue weighted by molar-refractivity contribution is -0.362. The van der Waals surface area contributed by atoms with E-state index >= 15 is 8.78 Å². The first-order valence-electron chi connectivity index (χ1n) is 15.0. The molecule has 1 aromatic rings. The normalized spacial score (nSPS) is 38.8. The van der Waals surface area contributed by atoms with Crippen LogP contribution in [0.1, 0.15) is 94.0 Å². The number of aliphatic hydroxyl groups is 2. The van der Waals surface area contributed by atoms with Gasteiger partial charge >= 0.3 is 18.1 Å². The first-order valence-corrected chi connectivity index (χ1v) is 15.0. The Morgan fingerprint density at radius 1 is 0.930 bits per heavy atom. The van der Waals surface area contributed by atoms with Gasteiger partial charge < -0.3 is 24.8 Å². The SMILES string of the molecule is CC1(C)COC2(CCC3=C4[C@@H](CC[C@@]3(O)C2)[C@@H]2CC[C@@](O)(C(F)(F)C(F)(F)F)[C@@]2(C)C[C@@H]4c2ccc(C(=O)O)cc2)OC1. The van der Waals surface area contributed by atoms with Crippen molar-refractivity contribution in [3.63, 3.8) is 0 Å². The van der Waals surface area contributed by atoms with E-state index in [0.29, 0.717) is 38.0 Å². The smallest absolute Gasteiger partial charge is 0.456 e. The standard InChI is InChI=1S/C32H39F5O6/c1-26(2)16-42-29(43-17-26)12-9-23-24-20(8-11-28(23,40)15-29)22-10-13-30(41,31(33,34)32(35,36)37)27(22,3)14-21(24)18-4-6-19(7-5-18)25(38)39/h4-7,20-22,40-41H,8-17H2,1-3H3,(H,38,39)/t20-,21+,22-,27-,28+,30-/m0/s1. The van der Waals surface area contributed by atoms with E-state index in [-0.39, 0.29) is 36.7 Å². The van der Waals surface area contributed by atoms with Gasteiger partial charge in [-0.25, -0.2) is 4.79 Å². The lowest BCUT2D eigenvalue weighted by Gasteiger charge is -2.59. The number of benzene rings is 1. The van der Waals surface area contributed by atoms with E-state index in [1.807, 2.05) is 13.8 Å². The maximum atomic E-state index is 15.2. The van der Waals surface area contributed by atoms with Crippen LogP contribution in [0, 0.1) is 22.7 Å². The number of ether oxygens (including phenoxy) is 2. The van der Waals surface area contributed by atoms with Crippen molar-refractivity contribution in [3.8, 4) is 0 Å². The predicted octanol–water partition coefficient (Wildman–Crippen LogP) is 6.61. The first kappa shape index (κ1) is 30.9. The number of hydrogen-bond acceptors (Lipinski definition) is 5. The zero-order valence-corrected chi connectivity index (χ0v) is 24.6. The molecule has 0 bridgehead atoms. The molecule has 6 nitrogen and oxygen atoms in total. The van der Waals surface area contributed by atoms with Crippen molar-refractivity contribution < 1.29 is 51.5 Å². The number of rotatable bonds is 3. The van der Waals surface area contributed by atoms with Crippen LogP contribution in [0.5, 0.6) is 0 Å². The van der Waals surface area contributed by atoms with Crippen LogP contribution in [0.2, 0.25) is 0 Å². The maximum absolute atomic E-state index is 15.2. The molecule has 1 aliphatic heterocycles. The minimum absolute atomic E-state index is 0.00550. The molecule has 1 aromatic carbocycles. The van der Waals surface area contributed by atoms with Crippen LogP contribution in [0.15, 0.2) is 35.4 Å². The number of carbonyl (C=O) groups is 1. The molecule has 11 heteroatoms. The molecule has 3 N–H and O–H groups in total. The molecule has 0 unspecified atom stereocenters. The predicted molar refractivity (Wildman–Crippen MR) is 145 cm³/mol. The summed E-state index contributed by atoms with van der Waals surface area (Å²) in [5.41, 5.74) is -4.48. The van der Waals surface area contributed by atoms with E-state index in [0.717, 1.165) is 11.1 Å². The summed E-state index contributed by atoms with van der Waals surface area (Å²) in [7, 11) is 0. The van der Waals surface area contributed by atoms with Crippen LogP contribution >= 0.6 is 0 Å². The quantitative estimate of drug-likeness (QED) is 0.262. The van der Waals surface area contributed by atoms with Crippen molar-refractivity contribution in [2.75, 3.05) is 13.2 Å². The van der Waals surface area contributed by atoms with E-state index in [9.17, 15) is 33.3 Å². The van der Waals surface area contributed by atoms with E-state index in [2.05, 4.69) is 0 Å². The van der Waals surface area contributed by atoms with Crippen LogP contribution in [0.25, 0.3) is 0 Å². The molecule has 6 atom stereocenters. The van der Waals surface area contributed by atoms with Gasteiger partial charge in [0.15, 0.2) is 5.79 Å². The summed E-state index contributed by atoms with van der Waals surface area (Å²) in [4.78, 5) is 11.5. The lowest BCUT2D eigenvalue weighted by Crippen LogP contribution is -2.65. The second kappa shape index (κ2) is 9.47. The third-order valence-electron chi connectivity index (χ3n) is 11.5. The number of hydrogen-bond donors (Lipinski definition) is 3. The summed E-state index contributed by atoms with van der Waals surface area (Å²) < 4.78 is 84.2. The van der Waals surface area contributed by atoms with Gasteiger partial charge in [0.1, 0.15) is 5.60 Å². The molecule has 1 saturated heterocycles. The highest BCUT2D eigenvalue weighted by atomic mass is 19.4. The Balaban J connectivity index is 1.46. The molecule has 6 rings (SSSR count). The average Bonchev–Trinajstić information content (AvgIpc) is 3.20. The maximum Gasteiger partial charge on any atom is 0.456 e. The minimum atomic E-state index is -5.93. The fourth-order valence-corrected chi connectivity index (χ4v) is 9.16. The van der Waals surface area contributed by atoms with Gasteiger partial charge in [0.2, 0.25) is 0 Å². The van der Waals surface area contributed by atoms with Crippen molar-refractivity contribution in [2.24, 2.45) is 22.7 Å². The van der Waals surface area contributed by atoms with Crippen LogP contribution in [-0.4, -0.2) is 63.6 Å². The Labute approximate surface area is 247 Å². The van der Waals surface area contributed by atoms with Gasteiger partial charge in [0.05, 0.1) is 24.4 Å². The first-order chi connectivity index (χ1) is 19.8. The average molecular weight is 615 g/mol. The molecular formula is C32H39F5O6. The third-order valence-corrected chi connectivity index (χ3v) is 11.5. The summed E-state index contributed by atoms with van der Waals surface area (Å²) in [5.74, 6) is -9.25. The van der Waals surface area contributed by atoms with E-state index in [4.69, 9.17) is 9.47 Å². The zero-order chi connectivity index (χ0) is 31.4. The summed E-state index contributed by atoms with van der Waals surface area (Å²) in [6, 6.07) is 5.89. The summed E-state index contributed by atoms with van der Waals surface area (Å²) in [6.45, 7) is 6.33. The molecule has 3 saturated carbocycles. The Morgan fingerprint density at radius 3 is 2.14 bits per heavy atom. The largest absolute Gasteiger partial charge is 0.478 e. The van der Waals surface area contributed by atoms with Crippen LogP contribution < -0.4 is 0 Å². The highest BCUT2D eigenvalue weighted by molar-refractivity contribution is 5.87. The lowest BCUT2D eigenvalue weighted by atomic mass is 9.49. The van der Waals surface area contributed by atoms with Gasteiger partial charge in [-0.2, -0.15) is 22.0 Å². The van der Waals surface area contributed by atoms with Crippen LogP contribution in [-0.2, 0) is 9.47 Å². The molecule has 1 spiro atoms. The second-order valence-corrected chi connectivity index (χ2v) is 14.6. The molecule has 43 heavy (non-hydrogen) atoms. The van der Waals surface area contributed by atoms with Crippen molar-refractivity contribution in [1.29, 1.82) is 0 Å². The number of alkyl halides is 5. The fraction of sp³-hybridized carbons (Fsp3) is 0.719. The topological polar surface area (TPSA) is 96.2 Å². The zero-order valence-electron chi connectivity index (χ0n) is 24.6. The van der Waals surface area contributed by atoms with Crippen LogP contribution in [0.4, 0.5) is 22.0 Å². The molecule has 238 valence electrons. The Kier molecular flexibility index (Phi) is 6.81. The number of carboxylic acids is 1. The number of carboxylic acid groups (broad SMARTS) is 1. The molecule has 0 amide bonds. The highest BCUT2D eigenvalue weighted by Gasteiger charge is 2.79. The van der Waals surface area contributed by atoms with E-state index in [1.54, 1.807) is 12.1 Å². The van der Waals surface area contributed by atoms with Gasteiger partial charge in [-0.05, 0) is 73.6 Å². The van der Waals surface area contributed by atoms with Gasteiger partial charge in [-0.3, -0.25) is 0 Å². The summed E-state index contributed by atoms with van der Waals surface area (Å²) in [5, 5.41) is 33.0. The Bertz CT molecular complexity index is 1330. The van der Waals surface area contributed by atoms with Crippen molar-refractivity contribution >= 4 is 5.97 Å². The van der Waals surface area contributed by atoms with Gasteiger partial charge in [-0.1, -0.05) is 38.5 Å². The number of fused-ring (bicyclic) bond motifs is 4. The van der Waals surface area contributed by atoms with Crippen molar-refractivity contribution in [2.45, 2.75) is 107 Å². The Hall–Kier alpha value is -2.08. The number of allylic oxidation sites excluding steroid dienone is 1. The molecule has 4 aliphatic carbocycles. The monoisotopic (exact) mass is 614 g/mol. The van der Waals surface area contributed by atoms with Crippen molar-refractivity contribution in [3.05, 3.63) is 46.5 Å². The molecule has 0 radical (unpaired) electrons. The molecule has 1 heterocycles. The Morgan fingerprint density at radius 2 is 1.56 bits per heavy atom. The molecular weight excluding hydrogens is 575 g/mol. The molecule has 4 fully saturated rings. The molecule has 5 aliphatic rings. The van der Waals surface area contributed by atoms with Gasteiger partial charge in [0.25, 0.3) is 0 Å². The van der Waals surface area contributed by atoms with E-state index in [1.165, 1.54) is 19.1 Å². The number of aromatic carboxylic acids is 1. The van der Waals surface area contributed by atoms with Crippen LogP contribution in [0.3, 0.4) is 0 Å². The van der Waals surface area contributed by atoms with Crippen molar-refractivity contribution in [1.82, 2.24) is 0 Å². The van der Waals surface area contributed by atoms with Gasteiger partial charge in [-0.15, -0.1) is 0 Å². The highest BCUT2D eigenvalue weighted by Crippen LogP contribution is 2.71. The summed E-state index contributed by atoms with van der Waals surface area (Å²) in [6.07, 6.45) is -5.19.